The number of alkyl halides is 3. The molecule has 0 bridgehead atoms. The van der Waals surface area contributed by atoms with Crippen molar-refractivity contribution in [1.29, 1.82) is 0 Å². The molecule has 0 saturated heterocycles. The quantitative estimate of drug-likeness (QED) is 0.875. The Balaban J connectivity index is 0.00000220. The lowest BCUT2D eigenvalue weighted by atomic mass is 10.2. The van der Waals surface area contributed by atoms with Crippen LogP contribution < -0.4 is 5.32 Å². The van der Waals surface area contributed by atoms with Gasteiger partial charge in [0.15, 0.2) is 5.69 Å². The highest BCUT2D eigenvalue weighted by atomic mass is 35.5. The summed E-state index contributed by atoms with van der Waals surface area (Å²) >= 11 is 0. The summed E-state index contributed by atoms with van der Waals surface area (Å²) in [5.41, 5.74) is 0.222. The molecule has 1 heterocycles. The van der Waals surface area contributed by atoms with Gasteiger partial charge >= 0.3 is 6.18 Å². The van der Waals surface area contributed by atoms with Gasteiger partial charge in [-0.05, 0) is 23.8 Å². The fourth-order valence-electron chi connectivity index (χ4n) is 1.79. The SMILES string of the molecule is Cl.Cn1nc(C(F)(F)F)cc1CNCc1cccc(F)c1. The Kier molecular flexibility index (Phi) is 5.74. The van der Waals surface area contributed by atoms with Crippen LogP contribution in [0.15, 0.2) is 30.3 Å². The predicted molar refractivity (Wildman–Crippen MR) is 72.4 cm³/mol. The first kappa shape index (κ1) is 17.5. The Morgan fingerprint density at radius 1 is 1.19 bits per heavy atom. The van der Waals surface area contributed by atoms with Crippen molar-refractivity contribution in [3.05, 3.63) is 53.1 Å². The van der Waals surface area contributed by atoms with E-state index in [0.717, 1.165) is 11.6 Å². The number of hydrogen-bond donors (Lipinski definition) is 1. The molecule has 0 spiro atoms. The number of aryl methyl sites for hydroxylation is 1. The van der Waals surface area contributed by atoms with Gasteiger partial charge in [0.25, 0.3) is 0 Å². The van der Waals surface area contributed by atoms with E-state index in [4.69, 9.17) is 0 Å². The number of nitrogens with one attached hydrogen (secondary N) is 1. The summed E-state index contributed by atoms with van der Waals surface area (Å²) in [5.74, 6) is -0.343. The minimum absolute atomic E-state index is 0. The number of rotatable bonds is 4. The zero-order valence-electron chi connectivity index (χ0n) is 11.1. The van der Waals surface area contributed by atoms with Gasteiger partial charge in [-0.2, -0.15) is 18.3 Å². The molecule has 21 heavy (non-hydrogen) atoms. The third-order valence-electron chi connectivity index (χ3n) is 2.79. The van der Waals surface area contributed by atoms with Crippen LogP contribution in [0.5, 0.6) is 0 Å². The van der Waals surface area contributed by atoms with Crippen molar-refractivity contribution >= 4 is 12.4 Å². The van der Waals surface area contributed by atoms with E-state index in [1.165, 1.54) is 23.9 Å². The molecule has 0 atom stereocenters. The topological polar surface area (TPSA) is 29.9 Å². The highest BCUT2D eigenvalue weighted by Crippen LogP contribution is 2.28. The average Bonchev–Trinajstić information content (AvgIpc) is 2.71. The molecular formula is C13H14ClF4N3. The van der Waals surface area contributed by atoms with Crippen LogP contribution in [0.4, 0.5) is 17.6 Å². The van der Waals surface area contributed by atoms with Crippen molar-refractivity contribution in [2.75, 3.05) is 0 Å². The van der Waals surface area contributed by atoms with Crippen molar-refractivity contribution in [2.24, 2.45) is 7.05 Å². The minimum Gasteiger partial charge on any atom is -0.307 e. The van der Waals surface area contributed by atoms with E-state index < -0.39 is 11.9 Å². The van der Waals surface area contributed by atoms with Gasteiger partial charge in [0, 0.05) is 20.1 Å². The lowest BCUT2D eigenvalue weighted by molar-refractivity contribution is -0.141. The second-order valence-electron chi connectivity index (χ2n) is 4.38. The molecule has 1 aromatic carbocycles. The van der Waals surface area contributed by atoms with Gasteiger partial charge in [0.2, 0.25) is 0 Å². The first-order chi connectivity index (χ1) is 9.36. The minimum atomic E-state index is -4.45. The monoisotopic (exact) mass is 323 g/mol. The van der Waals surface area contributed by atoms with Gasteiger partial charge in [0.1, 0.15) is 5.82 Å². The van der Waals surface area contributed by atoms with Crippen LogP contribution in [0.1, 0.15) is 17.0 Å². The van der Waals surface area contributed by atoms with Crippen LogP contribution in [0, 0.1) is 5.82 Å². The van der Waals surface area contributed by atoms with Gasteiger partial charge in [-0.1, -0.05) is 12.1 Å². The van der Waals surface area contributed by atoms with E-state index in [1.54, 1.807) is 12.1 Å². The van der Waals surface area contributed by atoms with E-state index in [9.17, 15) is 17.6 Å². The molecule has 0 unspecified atom stereocenters. The van der Waals surface area contributed by atoms with E-state index in [-0.39, 0.29) is 24.8 Å². The van der Waals surface area contributed by atoms with Crippen molar-refractivity contribution in [3.8, 4) is 0 Å². The molecule has 0 radical (unpaired) electrons. The lowest BCUT2D eigenvalue weighted by Gasteiger charge is -2.05. The zero-order valence-corrected chi connectivity index (χ0v) is 11.9. The molecule has 116 valence electrons. The summed E-state index contributed by atoms with van der Waals surface area (Å²) in [7, 11) is 1.45. The average molecular weight is 324 g/mol. The third-order valence-corrected chi connectivity index (χ3v) is 2.79. The van der Waals surface area contributed by atoms with Crippen molar-refractivity contribution < 1.29 is 17.6 Å². The fraction of sp³-hybridized carbons (Fsp3) is 0.308. The van der Waals surface area contributed by atoms with E-state index in [0.29, 0.717) is 12.2 Å². The fourth-order valence-corrected chi connectivity index (χ4v) is 1.79. The molecule has 2 rings (SSSR count). The van der Waals surface area contributed by atoms with Gasteiger partial charge in [-0.15, -0.1) is 12.4 Å². The maximum Gasteiger partial charge on any atom is 0.435 e. The van der Waals surface area contributed by atoms with Gasteiger partial charge in [-0.25, -0.2) is 4.39 Å². The van der Waals surface area contributed by atoms with E-state index in [1.807, 2.05) is 0 Å². The number of hydrogen-bond acceptors (Lipinski definition) is 2. The van der Waals surface area contributed by atoms with Crippen LogP contribution in [0.3, 0.4) is 0 Å². The molecular weight excluding hydrogens is 310 g/mol. The van der Waals surface area contributed by atoms with Crippen molar-refractivity contribution in [3.63, 3.8) is 0 Å². The molecule has 0 aliphatic rings. The molecule has 0 aliphatic heterocycles. The number of benzene rings is 1. The molecule has 1 aromatic heterocycles. The van der Waals surface area contributed by atoms with Gasteiger partial charge in [-0.3, -0.25) is 4.68 Å². The number of halogens is 5. The maximum absolute atomic E-state index is 12.9. The largest absolute Gasteiger partial charge is 0.435 e. The van der Waals surface area contributed by atoms with Crippen LogP contribution in [-0.4, -0.2) is 9.78 Å². The Bertz CT molecular complexity index is 595. The summed E-state index contributed by atoms with van der Waals surface area (Å²) < 4.78 is 51.6. The second kappa shape index (κ2) is 6.91. The van der Waals surface area contributed by atoms with Crippen LogP contribution in [0.25, 0.3) is 0 Å². The Hall–Kier alpha value is -1.60. The Labute approximate surface area is 125 Å². The summed E-state index contributed by atoms with van der Waals surface area (Å²) in [6.07, 6.45) is -4.45. The normalized spacial score (nSPS) is 11.3. The van der Waals surface area contributed by atoms with Crippen LogP contribution >= 0.6 is 12.4 Å². The Morgan fingerprint density at radius 2 is 1.90 bits per heavy atom. The molecule has 2 aromatic rings. The molecule has 0 aliphatic carbocycles. The molecule has 0 saturated carbocycles. The van der Waals surface area contributed by atoms with Gasteiger partial charge in [0.05, 0.1) is 5.69 Å². The Morgan fingerprint density at radius 3 is 2.48 bits per heavy atom. The molecule has 1 N–H and O–H groups in total. The third kappa shape index (κ3) is 4.71. The summed E-state index contributed by atoms with van der Waals surface area (Å²) in [5, 5.41) is 6.37. The van der Waals surface area contributed by atoms with Crippen LogP contribution in [-0.2, 0) is 26.3 Å². The number of nitrogens with zero attached hydrogens (tertiary/aromatic N) is 2. The zero-order chi connectivity index (χ0) is 14.8. The van der Waals surface area contributed by atoms with Gasteiger partial charge < -0.3 is 5.32 Å². The second-order valence-corrected chi connectivity index (χ2v) is 4.38. The van der Waals surface area contributed by atoms with Crippen molar-refractivity contribution in [1.82, 2.24) is 15.1 Å². The summed E-state index contributed by atoms with van der Waals surface area (Å²) in [4.78, 5) is 0. The maximum atomic E-state index is 12.9. The highest BCUT2D eigenvalue weighted by Gasteiger charge is 2.34. The lowest BCUT2D eigenvalue weighted by Crippen LogP contribution is -2.15. The van der Waals surface area contributed by atoms with Crippen LogP contribution in [0.2, 0.25) is 0 Å². The molecule has 8 heteroatoms. The summed E-state index contributed by atoms with van der Waals surface area (Å²) in [6, 6.07) is 7.02. The van der Waals surface area contributed by atoms with Crippen molar-refractivity contribution in [2.45, 2.75) is 19.3 Å². The van der Waals surface area contributed by atoms with E-state index in [2.05, 4.69) is 10.4 Å². The first-order valence-electron chi connectivity index (χ1n) is 5.91. The smallest absolute Gasteiger partial charge is 0.307 e. The first-order valence-corrected chi connectivity index (χ1v) is 5.91. The molecule has 0 amide bonds. The number of aromatic nitrogens is 2. The van der Waals surface area contributed by atoms with E-state index >= 15 is 0 Å². The molecule has 3 nitrogen and oxygen atoms in total. The standard InChI is InChI=1S/C13H13F4N3.ClH/c1-20-11(6-12(19-20)13(15,16)17)8-18-7-9-3-2-4-10(14)5-9;/h2-6,18H,7-8H2,1H3;1H. The predicted octanol–water partition coefficient (Wildman–Crippen LogP) is 3.29. The highest BCUT2D eigenvalue weighted by molar-refractivity contribution is 5.85. The molecule has 0 fully saturated rings. The summed E-state index contributed by atoms with van der Waals surface area (Å²) in [6.45, 7) is 0.584.